The first-order valence-corrected chi connectivity index (χ1v) is 8.50. The number of carbonyl (C=O) groups excluding carboxylic acids is 1. The molecular formula is C18H24N2OS. The van der Waals surface area contributed by atoms with Crippen LogP contribution in [0.1, 0.15) is 56.6 Å². The summed E-state index contributed by atoms with van der Waals surface area (Å²) in [6.07, 6.45) is 7.52. The highest BCUT2D eigenvalue weighted by Crippen LogP contribution is 2.53. The van der Waals surface area contributed by atoms with Crippen molar-refractivity contribution in [3.8, 4) is 0 Å². The third-order valence-electron chi connectivity index (χ3n) is 5.65. The highest BCUT2D eigenvalue weighted by Gasteiger charge is 2.49. The molecule has 0 atom stereocenters. The van der Waals surface area contributed by atoms with Gasteiger partial charge in [-0.1, -0.05) is 24.3 Å². The van der Waals surface area contributed by atoms with Gasteiger partial charge in [-0.15, -0.1) is 0 Å². The van der Waals surface area contributed by atoms with Gasteiger partial charge in [0.25, 0.3) is 0 Å². The molecule has 1 aromatic carbocycles. The molecule has 3 aliphatic rings. The summed E-state index contributed by atoms with van der Waals surface area (Å²) in [4.78, 5) is 11.2. The molecule has 3 nitrogen and oxygen atoms in total. The molecule has 3 fully saturated rings. The molecule has 0 saturated heterocycles. The molecule has 3 aliphatic carbocycles. The number of hydrogen-bond donors (Lipinski definition) is 2. The first kappa shape index (κ1) is 15.5. The number of rotatable bonds is 4. The van der Waals surface area contributed by atoms with Gasteiger partial charge >= 0.3 is 0 Å². The summed E-state index contributed by atoms with van der Waals surface area (Å²) in [6, 6.07) is 8.71. The zero-order chi connectivity index (χ0) is 15.8. The second kappa shape index (κ2) is 5.65. The Bertz CT molecular complexity index is 569. The van der Waals surface area contributed by atoms with E-state index in [4.69, 9.17) is 18.0 Å². The maximum Gasteiger partial charge on any atom is 0.164 e. The van der Waals surface area contributed by atoms with Gasteiger partial charge in [0.2, 0.25) is 0 Å². The van der Waals surface area contributed by atoms with Crippen molar-refractivity contribution >= 4 is 23.1 Å². The van der Waals surface area contributed by atoms with Crippen LogP contribution in [0.25, 0.3) is 0 Å². The lowest BCUT2D eigenvalue weighted by molar-refractivity contribution is -0.116. The molecule has 0 aromatic heterocycles. The predicted molar refractivity (Wildman–Crippen MR) is 92.9 cm³/mol. The lowest BCUT2D eigenvalue weighted by atomic mass is 9.55. The molecule has 0 heterocycles. The van der Waals surface area contributed by atoms with Crippen LogP contribution in [-0.4, -0.2) is 16.4 Å². The first-order chi connectivity index (χ1) is 10.4. The Morgan fingerprint density at radius 2 is 1.68 bits per heavy atom. The van der Waals surface area contributed by atoms with Gasteiger partial charge in [0.15, 0.2) is 5.11 Å². The summed E-state index contributed by atoms with van der Waals surface area (Å²) in [5.74, 6) is 0.217. The molecule has 3 N–H and O–H groups in total. The van der Waals surface area contributed by atoms with Gasteiger partial charge in [0, 0.05) is 12.0 Å². The molecule has 22 heavy (non-hydrogen) atoms. The van der Waals surface area contributed by atoms with E-state index >= 15 is 0 Å². The van der Waals surface area contributed by atoms with Gasteiger partial charge in [-0.3, -0.25) is 4.79 Å². The Kier molecular flexibility index (Phi) is 3.98. The fourth-order valence-electron chi connectivity index (χ4n) is 4.33. The zero-order valence-electron chi connectivity index (χ0n) is 13.2. The van der Waals surface area contributed by atoms with Crippen LogP contribution in [-0.2, 0) is 16.6 Å². The van der Waals surface area contributed by atoms with Crippen molar-refractivity contribution in [1.29, 1.82) is 0 Å². The summed E-state index contributed by atoms with van der Waals surface area (Å²) in [7, 11) is 0. The van der Waals surface area contributed by atoms with Gasteiger partial charge in [-0.25, -0.2) is 0 Å². The maximum absolute atomic E-state index is 11.2. The minimum atomic E-state index is 0.141. The van der Waals surface area contributed by atoms with Gasteiger partial charge in [-0.05, 0) is 74.2 Å². The Morgan fingerprint density at radius 1 is 1.14 bits per heavy atom. The number of nitrogens with two attached hydrogens (primary N) is 1. The highest BCUT2D eigenvalue weighted by atomic mass is 32.1. The molecule has 0 radical (unpaired) electrons. The van der Waals surface area contributed by atoms with Crippen molar-refractivity contribution in [1.82, 2.24) is 5.32 Å². The average Bonchev–Trinajstić information content (AvgIpc) is 2.48. The van der Waals surface area contributed by atoms with E-state index in [2.05, 4.69) is 29.6 Å². The zero-order valence-corrected chi connectivity index (χ0v) is 14.0. The number of nitrogens with one attached hydrogen (secondary N) is 1. The average molecular weight is 316 g/mol. The van der Waals surface area contributed by atoms with Crippen molar-refractivity contribution in [2.75, 3.05) is 0 Å². The van der Waals surface area contributed by atoms with E-state index < -0.39 is 0 Å². The van der Waals surface area contributed by atoms with Gasteiger partial charge in [0.05, 0.1) is 0 Å². The van der Waals surface area contributed by atoms with Crippen molar-refractivity contribution in [3.63, 3.8) is 0 Å². The van der Waals surface area contributed by atoms with E-state index in [1.807, 2.05) is 0 Å². The van der Waals surface area contributed by atoms with E-state index in [1.165, 1.54) is 24.8 Å². The molecular weight excluding hydrogens is 292 g/mol. The van der Waals surface area contributed by atoms with Crippen molar-refractivity contribution < 1.29 is 4.79 Å². The van der Waals surface area contributed by atoms with Crippen molar-refractivity contribution in [2.24, 2.45) is 5.73 Å². The van der Waals surface area contributed by atoms with E-state index in [1.54, 1.807) is 6.92 Å². The summed E-state index contributed by atoms with van der Waals surface area (Å²) in [6.45, 7) is 1.64. The summed E-state index contributed by atoms with van der Waals surface area (Å²) in [5.41, 5.74) is 8.70. The normalized spacial score (nSPS) is 30.0. The van der Waals surface area contributed by atoms with E-state index in [-0.39, 0.29) is 11.3 Å². The molecule has 0 spiro atoms. The Labute approximate surface area is 137 Å². The van der Waals surface area contributed by atoms with Crippen LogP contribution in [0, 0.1) is 0 Å². The summed E-state index contributed by atoms with van der Waals surface area (Å²) in [5, 5.41) is 3.79. The number of Topliss-reactive ketones (excluding diaryl/α,β-unsaturated/α-hetero) is 1. The molecule has 3 saturated carbocycles. The number of carbonyl (C=O) groups is 1. The quantitative estimate of drug-likeness (QED) is 0.839. The van der Waals surface area contributed by atoms with Gasteiger partial charge in [-0.2, -0.15) is 0 Å². The lowest BCUT2D eigenvalue weighted by Crippen LogP contribution is -2.58. The predicted octanol–water partition coefficient (Wildman–Crippen LogP) is 3.00. The third-order valence-corrected chi connectivity index (χ3v) is 5.76. The number of fused-ring (bicyclic) bond motifs is 3. The molecule has 0 aliphatic heterocycles. The molecule has 118 valence electrons. The standard InChI is InChI=1S/C18H24N2OS/c1-13(21)12-14-2-4-15(5-3-14)17-6-9-18(10-7-17,11-8-17)20-16(19)22/h2-5H,6-12H2,1H3,(H3,19,20,22). The summed E-state index contributed by atoms with van der Waals surface area (Å²) >= 11 is 5.04. The number of benzene rings is 1. The Hall–Kier alpha value is -1.42. The Balaban J connectivity index is 1.74. The van der Waals surface area contributed by atoms with E-state index in [9.17, 15) is 4.79 Å². The highest BCUT2D eigenvalue weighted by molar-refractivity contribution is 7.80. The number of ketones is 1. The van der Waals surface area contributed by atoms with Crippen LogP contribution in [0.15, 0.2) is 24.3 Å². The van der Waals surface area contributed by atoms with E-state index in [0.717, 1.165) is 24.8 Å². The smallest absolute Gasteiger partial charge is 0.164 e. The summed E-state index contributed by atoms with van der Waals surface area (Å²) < 4.78 is 0. The minimum absolute atomic E-state index is 0.141. The van der Waals surface area contributed by atoms with Crippen LogP contribution in [0.3, 0.4) is 0 Å². The minimum Gasteiger partial charge on any atom is -0.376 e. The van der Waals surface area contributed by atoms with Crippen molar-refractivity contribution in [2.45, 2.75) is 62.8 Å². The molecule has 4 heteroatoms. The van der Waals surface area contributed by atoms with Crippen LogP contribution in [0.5, 0.6) is 0 Å². The van der Waals surface area contributed by atoms with Crippen LogP contribution >= 0.6 is 12.2 Å². The monoisotopic (exact) mass is 316 g/mol. The maximum atomic E-state index is 11.2. The third kappa shape index (κ3) is 2.89. The van der Waals surface area contributed by atoms with Crippen LogP contribution in [0.4, 0.5) is 0 Å². The molecule has 2 bridgehead atoms. The first-order valence-electron chi connectivity index (χ1n) is 8.10. The van der Waals surface area contributed by atoms with Gasteiger partial charge < -0.3 is 11.1 Å². The molecule has 4 rings (SSSR count). The topological polar surface area (TPSA) is 55.1 Å². The Morgan fingerprint density at radius 3 is 2.14 bits per heavy atom. The largest absolute Gasteiger partial charge is 0.376 e. The number of hydrogen-bond acceptors (Lipinski definition) is 2. The second-order valence-electron chi connectivity index (χ2n) is 7.13. The van der Waals surface area contributed by atoms with Crippen LogP contribution < -0.4 is 11.1 Å². The molecule has 1 aromatic rings. The van der Waals surface area contributed by atoms with Gasteiger partial charge in [0.1, 0.15) is 5.78 Å². The van der Waals surface area contributed by atoms with E-state index in [0.29, 0.717) is 16.9 Å². The molecule has 0 unspecified atom stereocenters. The van der Waals surface area contributed by atoms with Crippen LogP contribution in [0.2, 0.25) is 0 Å². The molecule has 0 amide bonds. The lowest BCUT2D eigenvalue weighted by Gasteiger charge is -2.54. The number of thiocarbonyl (C=S) groups is 1. The fraction of sp³-hybridized carbons (Fsp3) is 0.556. The fourth-order valence-corrected chi connectivity index (χ4v) is 4.55. The van der Waals surface area contributed by atoms with Crippen molar-refractivity contribution in [3.05, 3.63) is 35.4 Å². The second-order valence-corrected chi connectivity index (χ2v) is 7.57. The SMILES string of the molecule is CC(=O)Cc1ccc(C23CCC(NC(N)=S)(CC2)CC3)cc1.